The zero-order valence-electron chi connectivity index (χ0n) is 14.0. The summed E-state index contributed by atoms with van der Waals surface area (Å²) in [5.41, 5.74) is 10.9. The maximum absolute atomic E-state index is 11.8. The van der Waals surface area contributed by atoms with Crippen LogP contribution in [-0.2, 0) is 6.54 Å². The van der Waals surface area contributed by atoms with Gasteiger partial charge in [-0.3, -0.25) is 0 Å². The quantitative estimate of drug-likeness (QED) is 0.566. The average molecular weight is 324 g/mol. The maximum atomic E-state index is 11.8. The van der Waals surface area contributed by atoms with Gasteiger partial charge in [0.1, 0.15) is 11.3 Å². The molecule has 0 unspecified atom stereocenters. The van der Waals surface area contributed by atoms with Crippen LogP contribution < -0.4 is 21.4 Å². The fourth-order valence-electron chi connectivity index (χ4n) is 2.67. The maximum Gasteiger partial charge on any atom is 0.336 e. The molecule has 2 aromatic carbocycles. The Kier molecular flexibility index (Phi) is 4.16. The first-order chi connectivity index (χ1) is 11.5. The molecular weight excluding hydrogens is 304 g/mol. The number of benzene rings is 2. The second-order valence-electron chi connectivity index (χ2n) is 5.83. The molecule has 124 valence electrons. The predicted molar refractivity (Wildman–Crippen MR) is 96.7 cm³/mol. The van der Waals surface area contributed by atoms with Gasteiger partial charge in [-0.25, -0.2) is 4.79 Å². The first-order valence-corrected chi connectivity index (χ1v) is 7.69. The Bertz CT molecular complexity index is 961. The summed E-state index contributed by atoms with van der Waals surface area (Å²) in [5.74, 6) is 0.647. The van der Waals surface area contributed by atoms with Crippen LogP contribution in [0.3, 0.4) is 0 Å². The van der Waals surface area contributed by atoms with Crippen LogP contribution in [0.5, 0.6) is 5.75 Å². The van der Waals surface area contributed by atoms with Crippen molar-refractivity contribution in [1.29, 1.82) is 0 Å². The number of aryl methyl sites for hydroxylation is 2. The zero-order chi connectivity index (χ0) is 17.3. The van der Waals surface area contributed by atoms with Crippen LogP contribution in [0.15, 0.2) is 45.6 Å². The molecule has 0 amide bonds. The highest BCUT2D eigenvalue weighted by atomic mass is 16.5. The Balaban J connectivity index is 1.96. The normalized spacial score (nSPS) is 10.8. The number of nitrogen functional groups attached to an aromatic ring is 1. The number of ether oxygens (including phenoxy) is 1. The molecule has 0 bridgehead atoms. The van der Waals surface area contributed by atoms with Gasteiger partial charge in [0.25, 0.3) is 0 Å². The molecule has 5 heteroatoms. The molecule has 0 saturated carbocycles. The van der Waals surface area contributed by atoms with E-state index >= 15 is 0 Å². The van der Waals surface area contributed by atoms with Crippen molar-refractivity contribution in [2.45, 2.75) is 20.4 Å². The first-order valence-electron chi connectivity index (χ1n) is 7.69. The fraction of sp³-hybridized carbons (Fsp3) is 0.211. The second-order valence-corrected chi connectivity index (χ2v) is 5.83. The smallest absolute Gasteiger partial charge is 0.336 e. The van der Waals surface area contributed by atoms with Crippen molar-refractivity contribution < 1.29 is 9.15 Å². The SMILES string of the molecule is COc1ccc2c(CNc3cc(C)c(C)cc3N)cc(=O)oc2c1. The molecular formula is C19H20N2O3. The van der Waals surface area contributed by atoms with Crippen LogP contribution in [-0.4, -0.2) is 7.11 Å². The van der Waals surface area contributed by atoms with Gasteiger partial charge >= 0.3 is 5.63 Å². The van der Waals surface area contributed by atoms with Gasteiger partial charge < -0.3 is 20.2 Å². The zero-order valence-corrected chi connectivity index (χ0v) is 14.0. The van der Waals surface area contributed by atoms with Gasteiger partial charge in [-0.2, -0.15) is 0 Å². The van der Waals surface area contributed by atoms with E-state index in [0.717, 1.165) is 27.8 Å². The highest BCUT2D eigenvalue weighted by Crippen LogP contribution is 2.26. The van der Waals surface area contributed by atoms with Crippen molar-refractivity contribution in [1.82, 2.24) is 0 Å². The van der Waals surface area contributed by atoms with Crippen molar-refractivity contribution >= 4 is 22.3 Å². The number of nitrogens with two attached hydrogens (primary N) is 1. The summed E-state index contributed by atoms with van der Waals surface area (Å²) >= 11 is 0. The van der Waals surface area contributed by atoms with Crippen LogP contribution in [0, 0.1) is 13.8 Å². The summed E-state index contributed by atoms with van der Waals surface area (Å²) < 4.78 is 10.4. The Labute approximate surface area is 140 Å². The molecule has 1 aromatic heterocycles. The summed E-state index contributed by atoms with van der Waals surface area (Å²) in [6.07, 6.45) is 0. The Morgan fingerprint density at radius 3 is 2.62 bits per heavy atom. The van der Waals surface area contributed by atoms with Crippen molar-refractivity contribution in [3.63, 3.8) is 0 Å². The minimum Gasteiger partial charge on any atom is -0.497 e. The van der Waals surface area contributed by atoms with Crippen LogP contribution in [0.1, 0.15) is 16.7 Å². The number of methoxy groups -OCH3 is 1. The van der Waals surface area contributed by atoms with Gasteiger partial charge in [-0.15, -0.1) is 0 Å². The van der Waals surface area contributed by atoms with Crippen LogP contribution >= 0.6 is 0 Å². The van der Waals surface area contributed by atoms with Gasteiger partial charge in [0.2, 0.25) is 0 Å². The number of hydrogen-bond acceptors (Lipinski definition) is 5. The molecule has 0 radical (unpaired) electrons. The van der Waals surface area contributed by atoms with Crippen LogP contribution in [0.4, 0.5) is 11.4 Å². The van der Waals surface area contributed by atoms with E-state index in [9.17, 15) is 4.79 Å². The standard InChI is InChI=1S/C19H20N2O3/c1-11-6-16(20)17(7-12(11)2)21-10-13-8-19(22)24-18-9-14(23-3)4-5-15(13)18/h4-9,21H,10,20H2,1-3H3. The number of hydrogen-bond donors (Lipinski definition) is 2. The Morgan fingerprint density at radius 1 is 1.12 bits per heavy atom. The van der Waals surface area contributed by atoms with Crippen molar-refractivity contribution in [3.8, 4) is 5.75 Å². The summed E-state index contributed by atoms with van der Waals surface area (Å²) in [7, 11) is 1.58. The van der Waals surface area contributed by atoms with Gasteiger partial charge in [0, 0.05) is 24.1 Å². The molecule has 5 nitrogen and oxygen atoms in total. The molecule has 0 aliphatic carbocycles. The number of rotatable bonds is 4. The molecule has 3 N–H and O–H groups in total. The lowest BCUT2D eigenvalue weighted by molar-refractivity contribution is 0.414. The molecule has 3 rings (SSSR count). The van der Waals surface area contributed by atoms with E-state index in [1.54, 1.807) is 13.2 Å². The third-order valence-electron chi connectivity index (χ3n) is 4.17. The van der Waals surface area contributed by atoms with Crippen LogP contribution in [0.25, 0.3) is 11.0 Å². The molecule has 0 atom stereocenters. The number of anilines is 2. The lowest BCUT2D eigenvalue weighted by atomic mass is 10.1. The van der Waals surface area contributed by atoms with E-state index in [4.69, 9.17) is 14.9 Å². The molecule has 0 saturated heterocycles. The minimum absolute atomic E-state index is 0.388. The van der Waals surface area contributed by atoms with Crippen molar-refractivity contribution in [2.75, 3.05) is 18.2 Å². The van der Waals surface area contributed by atoms with Crippen LogP contribution in [0.2, 0.25) is 0 Å². The van der Waals surface area contributed by atoms with E-state index in [2.05, 4.69) is 5.32 Å². The molecule has 0 aliphatic rings. The fourth-order valence-corrected chi connectivity index (χ4v) is 2.67. The lowest BCUT2D eigenvalue weighted by Gasteiger charge is -2.13. The van der Waals surface area contributed by atoms with Gasteiger partial charge in [-0.1, -0.05) is 0 Å². The lowest BCUT2D eigenvalue weighted by Crippen LogP contribution is -2.07. The summed E-state index contributed by atoms with van der Waals surface area (Å²) in [4.78, 5) is 11.8. The number of nitrogens with one attached hydrogen (secondary N) is 1. The highest BCUT2D eigenvalue weighted by molar-refractivity contribution is 5.82. The van der Waals surface area contributed by atoms with E-state index in [-0.39, 0.29) is 5.63 Å². The van der Waals surface area contributed by atoms with E-state index < -0.39 is 0 Å². The largest absolute Gasteiger partial charge is 0.497 e. The topological polar surface area (TPSA) is 77.5 Å². The third kappa shape index (κ3) is 3.06. The summed E-state index contributed by atoms with van der Waals surface area (Å²) in [6, 6.07) is 10.9. The molecule has 0 aliphatic heterocycles. The van der Waals surface area contributed by atoms with Gasteiger partial charge in [0.15, 0.2) is 0 Å². The first kappa shape index (κ1) is 15.9. The molecule has 24 heavy (non-hydrogen) atoms. The number of fused-ring (bicyclic) bond motifs is 1. The molecule has 0 fully saturated rings. The van der Waals surface area contributed by atoms with Crippen molar-refractivity contribution in [2.24, 2.45) is 0 Å². The van der Waals surface area contributed by atoms with E-state index in [1.807, 2.05) is 38.1 Å². The van der Waals surface area contributed by atoms with Gasteiger partial charge in [-0.05, 0) is 54.8 Å². The summed E-state index contributed by atoms with van der Waals surface area (Å²) in [6.45, 7) is 4.54. The average Bonchev–Trinajstić information content (AvgIpc) is 2.55. The van der Waals surface area contributed by atoms with E-state index in [1.165, 1.54) is 6.07 Å². The second kappa shape index (κ2) is 6.28. The van der Waals surface area contributed by atoms with E-state index in [0.29, 0.717) is 23.6 Å². The predicted octanol–water partition coefficient (Wildman–Crippen LogP) is 3.61. The summed E-state index contributed by atoms with van der Waals surface area (Å²) in [5, 5.41) is 4.17. The Hall–Kier alpha value is -2.95. The molecule has 0 spiro atoms. The van der Waals surface area contributed by atoms with Crippen molar-refractivity contribution in [3.05, 3.63) is 63.5 Å². The Morgan fingerprint density at radius 2 is 1.88 bits per heavy atom. The molecule has 1 heterocycles. The molecule has 3 aromatic rings. The minimum atomic E-state index is -0.388. The third-order valence-corrected chi connectivity index (χ3v) is 4.17. The monoisotopic (exact) mass is 324 g/mol. The van der Waals surface area contributed by atoms with Gasteiger partial charge in [0.05, 0.1) is 18.5 Å². The highest BCUT2D eigenvalue weighted by Gasteiger charge is 2.08.